The van der Waals surface area contributed by atoms with Gasteiger partial charge in [-0.05, 0) is 30.5 Å². The summed E-state index contributed by atoms with van der Waals surface area (Å²) in [6.45, 7) is 3.64. The molecule has 0 saturated carbocycles. The van der Waals surface area contributed by atoms with Crippen molar-refractivity contribution in [3.05, 3.63) is 29.8 Å². The summed E-state index contributed by atoms with van der Waals surface area (Å²) in [6, 6.07) is 8.16. The van der Waals surface area contributed by atoms with E-state index in [0.717, 1.165) is 25.3 Å². The van der Waals surface area contributed by atoms with Gasteiger partial charge in [0.1, 0.15) is 0 Å². The van der Waals surface area contributed by atoms with Crippen LogP contribution in [-0.4, -0.2) is 19.1 Å². The Balaban J connectivity index is 1.79. The maximum Gasteiger partial charge on any atom is 0.224 e. The van der Waals surface area contributed by atoms with E-state index in [1.807, 2.05) is 12.1 Å². The number of carbonyl (C=O) groups is 1. The van der Waals surface area contributed by atoms with Crippen molar-refractivity contribution >= 4 is 11.6 Å². The van der Waals surface area contributed by atoms with Crippen molar-refractivity contribution in [2.24, 2.45) is 5.92 Å². The number of hydrogen-bond acceptors (Lipinski definition) is 2. The summed E-state index contributed by atoms with van der Waals surface area (Å²) in [5.41, 5.74) is 2.22. The molecule has 1 amide bonds. The predicted octanol–water partition coefficient (Wildman–Crippen LogP) is 3.00. The van der Waals surface area contributed by atoms with Gasteiger partial charge in [-0.15, -0.1) is 0 Å². The molecule has 0 spiro atoms. The molecule has 1 aromatic carbocycles. The summed E-state index contributed by atoms with van der Waals surface area (Å²) >= 11 is 0. The molecule has 1 fully saturated rings. The summed E-state index contributed by atoms with van der Waals surface area (Å²) in [6.07, 6.45) is 4.11. The van der Waals surface area contributed by atoms with E-state index in [-0.39, 0.29) is 5.91 Å². The molecule has 0 atom stereocenters. The maximum atomic E-state index is 11.7. The summed E-state index contributed by atoms with van der Waals surface area (Å²) in [5, 5.41) is 2.93. The fourth-order valence-electron chi connectivity index (χ4n) is 2.01. The summed E-state index contributed by atoms with van der Waals surface area (Å²) in [7, 11) is 0. The highest BCUT2D eigenvalue weighted by Gasteiger charge is 2.21. The highest BCUT2D eigenvalue weighted by molar-refractivity contribution is 5.90. The lowest BCUT2D eigenvalue weighted by Crippen LogP contribution is -2.31. The normalized spacial score (nSPS) is 15.2. The van der Waals surface area contributed by atoms with Crippen LogP contribution in [0, 0.1) is 5.92 Å². The van der Waals surface area contributed by atoms with Crippen molar-refractivity contribution in [2.75, 3.05) is 18.5 Å². The van der Waals surface area contributed by atoms with Crippen LogP contribution in [-0.2, 0) is 16.0 Å². The molecule has 1 aliphatic heterocycles. The van der Waals surface area contributed by atoms with Crippen LogP contribution in [0.2, 0.25) is 0 Å². The van der Waals surface area contributed by atoms with Gasteiger partial charge in [0.15, 0.2) is 0 Å². The molecule has 0 radical (unpaired) electrons. The van der Waals surface area contributed by atoms with Crippen molar-refractivity contribution < 1.29 is 9.53 Å². The molecule has 2 rings (SSSR count). The number of hydrogen-bond donors (Lipinski definition) is 1. The Bertz CT molecular complexity index is 382. The molecule has 18 heavy (non-hydrogen) atoms. The van der Waals surface area contributed by atoms with Crippen LogP contribution in [0.5, 0.6) is 0 Å². The topological polar surface area (TPSA) is 38.3 Å². The van der Waals surface area contributed by atoms with E-state index < -0.39 is 0 Å². The first-order valence-corrected chi connectivity index (χ1v) is 6.74. The number of unbranched alkanes of at least 4 members (excludes halogenated alkanes) is 1. The fourth-order valence-corrected chi connectivity index (χ4v) is 2.01. The molecule has 1 aromatic rings. The van der Waals surface area contributed by atoms with Crippen LogP contribution in [0.4, 0.5) is 5.69 Å². The standard InChI is InChI=1S/C15H21NO2/c1-2-3-4-12-5-7-14(8-6-12)16-15(17)9-13-10-18-11-13/h5-8,13H,2-4,9-11H2,1H3,(H,16,17). The molecule has 3 nitrogen and oxygen atoms in total. The number of nitrogens with one attached hydrogen (secondary N) is 1. The largest absolute Gasteiger partial charge is 0.381 e. The van der Waals surface area contributed by atoms with E-state index in [0.29, 0.717) is 12.3 Å². The van der Waals surface area contributed by atoms with Crippen molar-refractivity contribution in [3.8, 4) is 0 Å². The van der Waals surface area contributed by atoms with Crippen LogP contribution < -0.4 is 5.32 Å². The smallest absolute Gasteiger partial charge is 0.224 e. The van der Waals surface area contributed by atoms with E-state index in [9.17, 15) is 4.79 Å². The quantitative estimate of drug-likeness (QED) is 0.839. The number of aryl methyl sites for hydroxylation is 1. The van der Waals surface area contributed by atoms with Gasteiger partial charge < -0.3 is 10.1 Å². The van der Waals surface area contributed by atoms with Crippen molar-refractivity contribution in [2.45, 2.75) is 32.6 Å². The Morgan fingerprint density at radius 2 is 2.06 bits per heavy atom. The van der Waals surface area contributed by atoms with E-state index in [1.165, 1.54) is 18.4 Å². The van der Waals surface area contributed by atoms with Crippen LogP contribution in [0.3, 0.4) is 0 Å². The Morgan fingerprint density at radius 1 is 1.33 bits per heavy atom. The van der Waals surface area contributed by atoms with Gasteiger partial charge in [0.05, 0.1) is 13.2 Å². The summed E-state index contributed by atoms with van der Waals surface area (Å²) < 4.78 is 5.06. The molecular weight excluding hydrogens is 226 g/mol. The van der Waals surface area contributed by atoms with Crippen molar-refractivity contribution in [1.82, 2.24) is 0 Å². The van der Waals surface area contributed by atoms with E-state index in [2.05, 4.69) is 24.4 Å². The number of ether oxygens (including phenoxy) is 1. The number of anilines is 1. The lowest BCUT2D eigenvalue weighted by molar-refractivity contribution is -0.121. The van der Waals surface area contributed by atoms with Crippen LogP contribution in [0.15, 0.2) is 24.3 Å². The maximum absolute atomic E-state index is 11.7. The lowest BCUT2D eigenvalue weighted by Gasteiger charge is -2.25. The third kappa shape index (κ3) is 3.84. The van der Waals surface area contributed by atoms with Gasteiger partial charge in [0, 0.05) is 18.0 Å². The minimum Gasteiger partial charge on any atom is -0.381 e. The zero-order valence-corrected chi connectivity index (χ0v) is 10.9. The molecule has 1 saturated heterocycles. The molecule has 1 aliphatic rings. The molecular formula is C15H21NO2. The van der Waals surface area contributed by atoms with Crippen LogP contribution >= 0.6 is 0 Å². The average Bonchev–Trinajstić information content (AvgIpc) is 2.33. The monoisotopic (exact) mass is 247 g/mol. The second-order valence-corrected chi connectivity index (χ2v) is 4.96. The van der Waals surface area contributed by atoms with Gasteiger partial charge in [-0.1, -0.05) is 25.5 Å². The summed E-state index contributed by atoms with van der Waals surface area (Å²) in [4.78, 5) is 11.7. The Hall–Kier alpha value is -1.35. The molecule has 1 heterocycles. The molecule has 98 valence electrons. The average molecular weight is 247 g/mol. The second-order valence-electron chi connectivity index (χ2n) is 4.96. The SMILES string of the molecule is CCCCc1ccc(NC(=O)CC2COC2)cc1. The second kappa shape index (κ2) is 6.55. The number of carbonyl (C=O) groups excluding carboxylic acids is 1. The van der Waals surface area contributed by atoms with Gasteiger partial charge in [-0.2, -0.15) is 0 Å². The predicted molar refractivity (Wildman–Crippen MR) is 72.6 cm³/mol. The molecule has 3 heteroatoms. The van der Waals surface area contributed by atoms with Crippen LogP contribution in [0.1, 0.15) is 31.7 Å². The van der Waals surface area contributed by atoms with Gasteiger partial charge in [-0.25, -0.2) is 0 Å². The van der Waals surface area contributed by atoms with Gasteiger partial charge in [-0.3, -0.25) is 4.79 Å². The Morgan fingerprint density at radius 3 is 2.61 bits per heavy atom. The third-order valence-corrected chi connectivity index (χ3v) is 3.24. The number of amides is 1. The molecule has 0 aromatic heterocycles. The zero-order valence-electron chi connectivity index (χ0n) is 10.9. The zero-order chi connectivity index (χ0) is 12.8. The number of rotatable bonds is 6. The Kier molecular flexibility index (Phi) is 4.76. The lowest BCUT2D eigenvalue weighted by atomic mass is 10.0. The first-order valence-electron chi connectivity index (χ1n) is 6.74. The molecule has 0 aliphatic carbocycles. The first-order chi connectivity index (χ1) is 8.78. The minimum absolute atomic E-state index is 0.0876. The van der Waals surface area contributed by atoms with Gasteiger partial charge in [0.25, 0.3) is 0 Å². The van der Waals surface area contributed by atoms with Crippen molar-refractivity contribution in [1.29, 1.82) is 0 Å². The Labute approximate surface area is 109 Å². The van der Waals surface area contributed by atoms with Crippen molar-refractivity contribution in [3.63, 3.8) is 0 Å². The first kappa shape index (κ1) is 13.1. The van der Waals surface area contributed by atoms with E-state index >= 15 is 0 Å². The van der Waals surface area contributed by atoms with Gasteiger partial charge >= 0.3 is 0 Å². The summed E-state index contributed by atoms with van der Waals surface area (Å²) in [5.74, 6) is 0.499. The molecule has 0 bridgehead atoms. The fraction of sp³-hybridized carbons (Fsp3) is 0.533. The van der Waals surface area contributed by atoms with E-state index in [1.54, 1.807) is 0 Å². The molecule has 1 N–H and O–H groups in total. The van der Waals surface area contributed by atoms with Gasteiger partial charge in [0.2, 0.25) is 5.91 Å². The molecule has 0 unspecified atom stereocenters. The van der Waals surface area contributed by atoms with Crippen LogP contribution in [0.25, 0.3) is 0 Å². The van der Waals surface area contributed by atoms with E-state index in [4.69, 9.17) is 4.74 Å². The third-order valence-electron chi connectivity index (χ3n) is 3.24. The minimum atomic E-state index is 0.0876. The number of benzene rings is 1. The highest BCUT2D eigenvalue weighted by Crippen LogP contribution is 2.16. The highest BCUT2D eigenvalue weighted by atomic mass is 16.5.